The first-order valence-corrected chi connectivity index (χ1v) is 8.83. The van der Waals surface area contributed by atoms with Crippen molar-refractivity contribution >= 4 is 33.2 Å². The topological polar surface area (TPSA) is 63.4 Å². The lowest BCUT2D eigenvalue weighted by Gasteiger charge is -2.27. The summed E-state index contributed by atoms with van der Waals surface area (Å²) in [5.74, 6) is 0.488. The molecule has 1 saturated carbocycles. The molecule has 1 aliphatic carbocycles. The molecular formula is C13H16Cl2N2O2S. The third kappa shape index (κ3) is 2.25. The van der Waals surface area contributed by atoms with E-state index in [0.717, 1.165) is 19.3 Å². The zero-order chi connectivity index (χ0) is 14.5. The zero-order valence-corrected chi connectivity index (χ0v) is 13.2. The van der Waals surface area contributed by atoms with Crippen molar-refractivity contribution in [2.75, 3.05) is 6.54 Å². The maximum atomic E-state index is 12.8. The van der Waals surface area contributed by atoms with Crippen LogP contribution in [0.5, 0.6) is 0 Å². The molecule has 0 spiro atoms. The quantitative estimate of drug-likeness (QED) is 0.924. The van der Waals surface area contributed by atoms with Gasteiger partial charge in [0.15, 0.2) is 0 Å². The Morgan fingerprint density at radius 2 is 2.05 bits per heavy atom. The molecule has 1 aliphatic heterocycles. The molecule has 4 nitrogen and oxygen atoms in total. The van der Waals surface area contributed by atoms with Crippen LogP contribution in [0.3, 0.4) is 0 Å². The second-order valence-electron chi connectivity index (χ2n) is 5.49. The van der Waals surface area contributed by atoms with Gasteiger partial charge in [0, 0.05) is 24.2 Å². The number of hydrogen-bond donors (Lipinski definition) is 1. The SMILES string of the molecule is NCc1cc(Cl)cc(S(=O)(=O)N2CC3CCC2C3)c1Cl. The Morgan fingerprint density at radius 1 is 1.30 bits per heavy atom. The van der Waals surface area contributed by atoms with Crippen LogP contribution in [0.4, 0.5) is 0 Å². The van der Waals surface area contributed by atoms with Gasteiger partial charge in [0.2, 0.25) is 10.0 Å². The normalized spacial score (nSPS) is 26.4. The third-order valence-corrected chi connectivity index (χ3v) is 6.96. The number of benzene rings is 1. The van der Waals surface area contributed by atoms with E-state index in [9.17, 15) is 8.42 Å². The van der Waals surface area contributed by atoms with E-state index in [1.807, 2.05) is 0 Å². The molecule has 2 atom stereocenters. The fourth-order valence-electron chi connectivity index (χ4n) is 3.25. The van der Waals surface area contributed by atoms with Gasteiger partial charge in [0.1, 0.15) is 4.90 Å². The smallest absolute Gasteiger partial charge is 0.244 e. The van der Waals surface area contributed by atoms with E-state index in [2.05, 4.69) is 0 Å². The van der Waals surface area contributed by atoms with Crippen LogP contribution in [0.1, 0.15) is 24.8 Å². The van der Waals surface area contributed by atoms with Crippen molar-refractivity contribution in [1.29, 1.82) is 0 Å². The van der Waals surface area contributed by atoms with Crippen LogP contribution in [-0.2, 0) is 16.6 Å². The minimum absolute atomic E-state index is 0.0830. The summed E-state index contributed by atoms with van der Waals surface area (Å²) in [6.07, 6.45) is 3.01. The molecule has 2 aliphatic rings. The molecule has 1 aromatic rings. The Labute approximate surface area is 128 Å². The molecule has 0 radical (unpaired) electrons. The minimum Gasteiger partial charge on any atom is -0.326 e. The van der Waals surface area contributed by atoms with Gasteiger partial charge in [-0.15, -0.1) is 0 Å². The molecule has 0 amide bonds. The van der Waals surface area contributed by atoms with E-state index < -0.39 is 10.0 Å². The second kappa shape index (κ2) is 5.14. The summed E-state index contributed by atoms with van der Waals surface area (Å²) in [5, 5.41) is 0.539. The molecule has 2 fully saturated rings. The van der Waals surface area contributed by atoms with Gasteiger partial charge in [-0.2, -0.15) is 4.31 Å². The average molecular weight is 335 g/mol. The van der Waals surface area contributed by atoms with Crippen LogP contribution in [-0.4, -0.2) is 25.3 Å². The number of halogens is 2. The fraction of sp³-hybridized carbons (Fsp3) is 0.538. The largest absolute Gasteiger partial charge is 0.326 e. The molecule has 3 rings (SSSR count). The highest BCUT2D eigenvalue weighted by atomic mass is 35.5. The Bertz CT molecular complexity index is 648. The molecule has 1 heterocycles. The monoisotopic (exact) mass is 334 g/mol. The van der Waals surface area contributed by atoms with Crippen molar-refractivity contribution < 1.29 is 8.42 Å². The van der Waals surface area contributed by atoms with E-state index >= 15 is 0 Å². The standard InChI is InChI=1S/C13H16Cl2N2O2S/c14-10-4-9(6-16)13(15)12(5-10)20(18,19)17-7-8-1-2-11(17)3-8/h4-5,8,11H,1-3,6-7,16H2. The predicted molar refractivity (Wildman–Crippen MR) is 79.4 cm³/mol. The van der Waals surface area contributed by atoms with E-state index in [1.54, 1.807) is 10.4 Å². The third-order valence-electron chi connectivity index (χ3n) is 4.24. The summed E-state index contributed by atoms with van der Waals surface area (Å²) in [6.45, 7) is 0.752. The first kappa shape index (κ1) is 14.6. The molecule has 2 unspecified atom stereocenters. The lowest BCUT2D eigenvalue weighted by atomic mass is 10.1. The summed E-state index contributed by atoms with van der Waals surface area (Å²) in [4.78, 5) is 0.0830. The Morgan fingerprint density at radius 3 is 2.60 bits per heavy atom. The first-order valence-electron chi connectivity index (χ1n) is 6.63. The van der Waals surface area contributed by atoms with Crippen molar-refractivity contribution in [1.82, 2.24) is 4.31 Å². The number of rotatable bonds is 3. The zero-order valence-electron chi connectivity index (χ0n) is 10.9. The molecule has 7 heteroatoms. The summed E-state index contributed by atoms with van der Waals surface area (Å²) >= 11 is 12.2. The number of nitrogens with two attached hydrogens (primary N) is 1. The van der Waals surface area contributed by atoms with Crippen molar-refractivity contribution in [3.8, 4) is 0 Å². The van der Waals surface area contributed by atoms with Crippen LogP contribution in [0.25, 0.3) is 0 Å². The number of piperidine rings is 1. The molecule has 1 aromatic carbocycles. The van der Waals surface area contributed by atoms with E-state index in [4.69, 9.17) is 28.9 Å². The van der Waals surface area contributed by atoms with Gasteiger partial charge < -0.3 is 5.73 Å². The summed E-state index contributed by atoms with van der Waals surface area (Å²) < 4.78 is 27.2. The molecule has 2 bridgehead atoms. The summed E-state index contributed by atoms with van der Waals surface area (Å²) in [7, 11) is -3.59. The molecule has 0 aromatic heterocycles. The van der Waals surface area contributed by atoms with Crippen LogP contribution in [0.2, 0.25) is 10.0 Å². The predicted octanol–water partition coefficient (Wildman–Crippen LogP) is 2.63. The average Bonchev–Trinajstić information content (AvgIpc) is 3.03. The highest BCUT2D eigenvalue weighted by molar-refractivity contribution is 7.89. The van der Waals surface area contributed by atoms with E-state index in [1.165, 1.54) is 6.07 Å². The van der Waals surface area contributed by atoms with Crippen LogP contribution in [0, 0.1) is 5.92 Å². The van der Waals surface area contributed by atoms with Crippen molar-refractivity contribution in [3.63, 3.8) is 0 Å². The number of sulfonamides is 1. The number of fused-ring (bicyclic) bond motifs is 2. The van der Waals surface area contributed by atoms with Gasteiger partial charge in [-0.3, -0.25) is 0 Å². The molecule has 2 N–H and O–H groups in total. The van der Waals surface area contributed by atoms with E-state index in [0.29, 0.717) is 23.0 Å². The highest BCUT2D eigenvalue weighted by Gasteiger charge is 2.44. The van der Waals surface area contributed by atoms with Gasteiger partial charge in [0.25, 0.3) is 0 Å². The number of hydrogen-bond acceptors (Lipinski definition) is 3. The van der Waals surface area contributed by atoms with Gasteiger partial charge in [-0.05, 0) is 42.9 Å². The first-order chi connectivity index (χ1) is 9.43. The maximum Gasteiger partial charge on any atom is 0.244 e. The van der Waals surface area contributed by atoms with Crippen molar-refractivity contribution in [2.24, 2.45) is 11.7 Å². The van der Waals surface area contributed by atoms with Gasteiger partial charge in [0.05, 0.1) is 5.02 Å². The molecule has 110 valence electrons. The Balaban J connectivity index is 2.06. The van der Waals surface area contributed by atoms with Crippen LogP contribution in [0.15, 0.2) is 17.0 Å². The lowest BCUT2D eigenvalue weighted by molar-refractivity contribution is 0.333. The second-order valence-corrected chi connectivity index (χ2v) is 8.16. The van der Waals surface area contributed by atoms with Crippen molar-refractivity contribution in [2.45, 2.75) is 36.7 Å². The Hall–Kier alpha value is -0.330. The number of nitrogens with zero attached hydrogens (tertiary/aromatic N) is 1. The fourth-order valence-corrected chi connectivity index (χ4v) is 5.92. The van der Waals surface area contributed by atoms with Gasteiger partial charge in [-0.25, -0.2) is 8.42 Å². The highest BCUT2D eigenvalue weighted by Crippen LogP contribution is 2.42. The summed E-state index contributed by atoms with van der Waals surface area (Å²) in [6, 6.07) is 3.14. The minimum atomic E-state index is -3.59. The molecular weight excluding hydrogens is 319 g/mol. The Kier molecular flexibility index (Phi) is 3.75. The van der Waals surface area contributed by atoms with Crippen molar-refractivity contribution in [3.05, 3.63) is 27.7 Å². The summed E-state index contributed by atoms with van der Waals surface area (Å²) in [5.41, 5.74) is 6.15. The van der Waals surface area contributed by atoms with Crippen LogP contribution < -0.4 is 5.73 Å². The molecule has 1 saturated heterocycles. The van der Waals surface area contributed by atoms with E-state index in [-0.39, 0.29) is 22.5 Å². The lowest BCUT2D eigenvalue weighted by Crippen LogP contribution is -2.37. The van der Waals surface area contributed by atoms with Crippen LogP contribution >= 0.6 is 23.2 Å². The van der Waals surface area contributed by atoms with Gasteiger partial charge in [-0.1, -0.05) is 23.2 Å². The molecule has 20 heavy (non-hydrogen) atoms. The van der Waals surface area contributed by atoms with Gasteiger partial charge >= 0.3 is 0 Å². The maximum absolute atomic E-state index is 12.8.